The Morgan fingerprint density at radius 1 is 1.05 bits per heavy atom. The van der Waals surface area contributed by atoms with E-state index in [0.717, 1.165) is 35.6 Å². The molecule has 0 radical (unpaired) electrons. The Bertz CT molecular complexity index is 678. The van der Waals surface area contributed by atoms with Gasteiger partial charge in [-0.1, -0.05) is 36.4 Å². The monoisotopic (exact) mass is 267 g/mol. The predicted molar refractivity (Wildman–Crippen MR) is 77.9 cm³/mol. The Morgan fingerprint density at radius 3 is 2.45 bits per heavy atom. The van der Waals surface area contributed by atoms with E-state index in [-0.39, 0.29) is 10.6 Å². The SMILES string of the molecule is O=[N+]([O-])c1cccc(-c2ccc(C3=NCCN3)cc2)c1. The highest BCUT2D eigenvalue weighted by atomic mass is 16.6. The lowest BCUT2D eigenvalue weighted by atomic mass is 10.0. The number of non-ortho nitro benzene ring substituents is 1. The third kappa shape index (κ3) is 2.38. The maximum Gasteiger partial charge on any atom is 0.270 e. The van der Waals surface area contributed by atoms with Gasteiger partial charge < -0.3 is 5.32 Å². The van der Waals surface area contributed by atoms with E-state index in [4.69, 9.17) is 0 Å². The van der Waals surface area contributed by atoms with Crippen LogP contribution in [-0.2, 0) is 0 Å². The van der Waals surface area contributed by atoms with Crippen LogP contribution in [0.3, 0.4) is 0 Å². The van der Waals surface area contributed by atoms with Gasteiger partial charge in [-0.05, 0) is 11.1 Å². The molecule has 0 spiro atoms. The number of rotatable bonds is 3. The van der Waals surface area contributed by atoms with E-state index in [1.54, 1.807) is 12.1 Å². The number of aliphatic imine (C=N–C) groups is 1. The first kappa shape index (κ1) is 12.3. The standard InChI is InChI=1S/C15H13N3O2/c19-18(20)14-3-1-2-13(10-14)11-4-6-12(7-5-11)15-16-8-9-17-15/h1-7,10H,8-9H2,(H,16,17). The number of hydrogen-bond acceptors (Lipinski definition) is 4. The first-order valence-electron chi connectivity index (χ1n) is 6.37. The topological polar surface area (TPSA) is 67.5 Å². The molecule has 0 amide bonds. The van der Waals surface area contributed by atoms with Crippen LogP contribution in [0.1, 0.15) is 5.56 Å². The molecule has 1 heterocycles. The molecule has 1 N–H and O–H groups in total. The molecule has 20 heavy (non-hydrogen) atoms. The Morgan fingerprint density at radius 2 is 1.80 bits per heavy atom. The molecular formula is C15H13N3O2. The second kappa shape index (κ2) is 5.13. The number of nitro benzene ring substituents is 1. The summed E-state index contributed by atoms with van der Waals surface area (Å²) in [5.41, 5.74) is 2.94. The third-order valence-electron chi connectivity index (χ3n) is 3.22. The number of benzene rings is 2. The Kier molecular flexibility index (Phi) is 3.16. The zero-order valence-electron chi connectivity index (χ0n) is 10.7. The minimum atomic E-state index is -0.380. The second-order valence-corrected chi connectivity index (χ2v) is 4.54. The third-order valence-corrected chi connectivity index (χ3v) is 3.22. The molecule has 0 aliphatic carbocycles. The normalized spacial score (nSPS) is 13.7. The van der Waals surface area contributed by atoms with Crippen LogP contribution >= 0.6 is 0 Å². The Balaban J connectivity index is 1.91. The molecule has 0 saturated carbocycles. The quantitative estimate of drug-likeness (QED) is 0.686. The van der Waals surface area contributed by atoms with Crippen molar-refractivity contribution in [2.45, 2.75) is 0 Å². The largest absolute Gasteiger partial charge is 0.368 e. The van der Waals surface area contributed by atoms with Crippen LogP contribution in [0.25, 0.3) is 11.1 Å². The lowest BCUT2D eigenvalue weighted by Crippen LogP contribution is -2.19. The molecule has 5 heteroatoms. The van der Waals surface area contributed by atoms with Gasteiger partial charge in [0.1, 0.15) is 5.84 Å². The molecule has 0 fully saturated rings. The van der Waals surface area contributed by atoms with Crippen LogP contribution in [0.15, 0.2) is 53.5 Å². The van der Waals surface area contributed by atoms with E-state index in [1.165, 1.54) is 6.07 Å². The Labute approximate surface area is 116 Å². The summed E-state index contributed by atoms with van der Waals surface area (Å²) in [5.74, 6) is 0.913. The maximum absolute atomic E-state index is 10.8. The predicted octanol–water partition coefficient (Wildman–Crippen LogP) is 2.61. The summed E-state index contributed by atoms with van der Waals surface area (Å²) in [6, 6.07) is 14.5. The fourth-order valence-corrected chi connectivity index (χ4v) is 2.21. The molecule has 100 valence electrons. The molecule has 0 atom stereocenters. The van der Waals surface area contributed by atoms with Gasteiger partial charge in [0.25, 0.3) is 5.69 Å². The summed E-state index contributed by atoms with van der Waals surface area (Å²) < 4.78 is 0. The molecule has 2 aromatic rings. The number of amidine groups is 1. The first-order valence-corrected chi connectivity index (χ1v) is 6.37. The van der Waals surface area contributed by atoms with E-state index >= 15 is 0 Å². The number of nitrogens with zero attached hydrogens (tertiary/aromatic N) is 2. The molecule has 0 unspecified atom stereocenters. The molecular weight excluding hydrogens is 254 g/mol. The van der Waals surface area contributed by atoms with Crippen molar-refractivity contribution >= 4 is 11.5 Å². The van der Waals surface area contributed by atoms with Crippen molar-refractivity contribution in [3.8, 4) is 11.1 Å². The molecule has 5 nitrogen and oxygen atoms in total. The van der Waals surface area contributed by atoms with Gasteiger partial charge in [0.15, 0.2) is 0 Å². The van der Waals surface area contributed by atoms with Gasteiger partial charge in [0.05, 0.1) is 11.5 Å². The summed E-state index contributed by atoms with van der Waals surface area (Å²) in [7, 11) is 0. The fraction of sp³-hybridized carbons (Fsp3) is 0.133. The summed E-state index contributed by atoms with van der Waals surface area (Å²) >= 11 is 0. The summed E-state index contributed by atoms with van der Waals surface area (Å²) in [6.45, 7) is 1.68. The van der Waals surface area contributed by atoms with E-state index in [9.17, 15) is 10.1 Å². The van der Waals surface area contributed by atoms with Crippen LogP contribution in [0.5, 0.6) is 0 Å². The smallest absolute Gasteiger partial charge is 0.270 e. The van der Waals surface area contributed by atoms with Crippen molar-refractivity contribution in [3.05, 3.63) is 64.2 Å². The molecule has 2 aromatic carbocycles. The van der Waals surface area contributed by atoms with E-state index < -0.39 is 0 Å². The second-order valence-electron chi connectivity index (χ2n) is 4.54. The van der Waals surface area contributed by atoms with Crippen LogP contribution < -0.4 is 5.32 Å². The molecule has 0 aromatic heterocycles. The van der Waals surface area contributed by atoms with Crippen molar-refractivity contribution in [2.75, 3.05) is 13.1 Å². The average molecular weight is 267 g/mol. The molecule has 1 aliphatic heterocycles. The summed E-state index contributed by atoms with van der Waals surface area (Å²) in [4.78, 5) is 14.8. The summed E-state index contributed by atoms with van der Waals surface area (Å²) in [5, 5.41) is 14.0. The van der Waals surface area contributed by atoms with Crippen LogP contribution in [0.2, 0.25) is 0 Å². The van der Waals surface area contributed by atoms with Gasteiger partial charge in [-0.25, -0.2) is 0 Å². The summed E-state index contributed by atoms with van der Waals surface area (Å²) in [6.07, 6.45) is 0. The van der Waals surface area contributed by atoms with Crippen molar-refractivity contribution < 1.29 is 4.92 Å². The fourth-order valence-electron chi connectivity index (χ4n) is 2.21. The van der Waals surface area contributed by atoms with E-state index in [2.05, 4.69) is 10.3 Å². The maximum atomic E-state index is 10.8. The van der Waals surface area contributed by atoms with Crippen molar-refractivity contribution in [2.24, 2.45) is 4.99 Å². The number of hydrogen-bond donors (Lipinski definition) is 1. The minimum Gasteiger partial charge on any atom is -0.368 e. The molecule has 0 saturated heterocycles. The van der Waals surface area contributed by atoms with Crippen LogP contribution in [0, 0.1) is 10.1 Å². The zero-order valence-corrected chi connectivity index (χ0v) is 10.7. The molecule has 1 aliphatic rings. The van der Waals surface area contributed by atoms with Crippen LogP contribution in [0.4, 0.5) is 5.69 Å². The highest BCUT2D eigenvalue weighted by molar-refractivity contribution is 6.00. The lowest BCUT2D eigenvalue weighted by molar-refractivity contribution is -0.384. The average Bonchev–Trinajstić information content (AvgIpc) is 3.02. The van der Waals surface area contributed by atoms with Gasteiger partial charge in [-0.3, -0.25) is 15.1 Å². The number of nitrogens with one attached hydrogen (secondary N) is 1. The van der Waals surface area contributed by atoms with Gasteiger partial charge in [0, 0.05) is 24.2 Å². The van der Waals surface area contributed by atoms with Gasteiger partial charge in [-0.2, -0.15) is 0 Å². The van der Waals surface area contributed by atoms with Gasteiger partial charge in [0.2, 0.25) is 0 Å². The van der Waals surface area contributed by atoms with Gasteiger partial charge in [-0.15, -0.1) is 0 Å². The van der Waals surface area contributed by atoms with Gasteiger partial charge >= 0.3 is 0 Å². The van der Waals surface area contributed by atoms with E-state index in [0.29, 0.717) is 0 Å². The Hall–Kier alpha value is -2.69. The lowest BCUT2D eigenvalue weighted by Gasteiger charge is -2.05. The van der Waals surface area contributed by atoms with Crippen molar-refractivity contribution in [1.82, 2.24) is 5.32 Å². The van der Waals surface area contributed by atoms with Crippen molar-refractivity contribution in [3.63, 3.8) is 0 Å². The highest BCUT2D eigenvalue weighted by Crippen LogP contribution is 2.24. The number of nitro groups is 1. The minimum absolute atomic E-state index is 0.105. The first-order chi connectivity index (χ1) is 9.74. The molecule has 0 bridgehead atoms. The highest BCUT2D eigenvalue weighted by Gasteiger charge is 2.09. The van der Waals surface area contributed by atoms with E-state index in [1.807, 2.05) is 30.3 Å². The zero-order chi connectivity index (χ0) is 13.9. The van der Waals surface area contributed by atoms with Crippen molar-refractivity contribution in [1.29, 1.82) is 0 Å². The van der Waals surface area contributed by atoms with Crippen LogP contribution in [-0.4, -0.2) is 23.8 Å². The molecule has 3 rings (SSSR count).